The van der Waals surface area contributed by atoms with Gasteiger partial charge in [0.2, 0.25) is 0 Å². The SMILES string of the molecule is c1ccc(-c2ccc(N(c3cccc(-c4ccccc4)c3)c3ccc4c(c3)oc3cccc(-c5nc6ccccc6nc5-c5ccccc5)c34)cc2)cc1. The summed E-state index contributed by atoms with van der Waals surface area (Å²) < 4.78 is 6.71. The topological polar surface area (TPSA) is 42.2 Å². The van der Waals surface area contributed by atoms with Crippen molar-refractivity contribution in [2.75, 3.05) is 4.90 Å². The summed E-state index contributed by atoms with van der Waals surface area (Å²) in [5.41, 5.74) is 14.8. The van der Waals surface area contributed by atoms with Gasteiger partial charge >= 0.3 is 0 Å². The van der Waals surface area contributed by atoms with E-state index in [1.165, 1.54) is 16.7 Å². The van der Waals surface area contributed by atoms with Crippen LogP contribution in [0, 0.1) is 0 Å². The molecular formula is C50H33N3O. The van der Waals surface area contributed by atoms with Crippen molar-refractivity contribution < 1.29 is 4.42 Å². The first-order valence-electron chi connectivity index (χ1n) is 18.2. The van der Waals surface area contributed by atoms with Crippen molar-refractivity contribution in [2.45, 2.75) is 0 Å². The second-order valence-corrected chi connectivity index (χ2v) is 13.4. The Balaban J connectivity index is 1.14. The number of benzene rings is 8. The van der Waals surface area contributed by atoms with E-state index in [1.807, 2.05) is 60.7 Å². The smallest absolute Gasteiger partial charge is 0.137 e. The molecule has 0 radical (unpaired) electrons. The second-order valence-electron chi connectivity index (χ2n) is 13.4. The fourth-order valence-corrected chi connectivity index (χ4v) is 7.47. The number of para-hydroxylation sites is 2. The molecule has 0 unspecified atom stereocenters. The van der Waals surface area contributed by atoms with E-state index in [0.29, 0.717) is 0 Å². The van der Waals surface area contributed by atoms with Gasteiger partial charge in [-0.3, -0.25) is 0 Å². The summed E-state index contributed by atoms with van der Waals surface area (Å²) in [4.78, 5) is 12.7. The van der Waals surface area contributed by atoms with Gasteiger partial charge in [-0.05, 0) is 76.9 Å². The lowest BCUT2D eigenvalue weighted by Gasteiger charge is -2.26. The lowest BCUT2D eigenvalue weighted by molar-refractivity contribution is 0.669. The maximum absolute atomic E-state index is 6.71. The van der Waals surface area contributed by atoms with Gasteiger partial charge in [-0.25, -0.2) is 9.97 Å². The molecule has 2 heterocycles. The average molecular weight is 692 g/mol. The molecule has 10 rings (SSSR count). The molecule has 4 heteroatoms. The largest absolute Gasteiger partial charge is 0.456 e. The molecule has 0 N–H and O–H groups in total. The van der Waals surface area contributed by atoms with E-state index >= 15 is 0 Å². The van der Waals surface area contributed by atoms with E-state index in [1.54, 1.807) is 0 Å². The van der Waals surface area contributed by atoms with Crippen molar-refractivity contribution in [3.63, 3.8) is 0 Å². The normalized spacial score (nSPS) is 11.3. The molecular weight excluding hydrogens is 659 g/mol. The van der Waals surface area contributed by atoms with Gasteiger partial charge in [-0.15, -0.1) is 0 Å². The molecule has 0 aliphatic rings. The summed E-state index contributed by atoms with van der Waals surface area (Å²) in [5, 5.41) is 2.04. The zero-order chi connectivity index (χ0) is 35.8. The van der Waals surface area contributed by atoms with Gasteiger partial charge in [-0.1, -0.05) is 140 Å². The first-order chi connectivity index (χ1) is 26.8. The van der Waals surface area contributed by atoms with Crippen LogP contribution in [-0.4, -0.2) is 9.97 Å². The first-order valence-corrected chi connectivity index (χ1v) is 18.2. The molecule has 254 valence electrons. The molecule has 8 aromatic carbocycles. The third-order valence-electron chi connectivity index (χ3n) is 10.1. The maximum Gasteiger partial charge on any atom is 0.137 e. The minimum absolute atomic E-state index is 0.801. The first kappa shape index (κ1) is 31.4. The van der Waals surface area contributed by atoms with Gasteiger partial charge in [0.15, 0.2) is 0 Å². The van der Waals surface area contributed by atoms with Crippen LogP contribution in [0.2, 0.25) is 0 Å². The molecule has 0 amide bonds. The summed E-state index contributed by atoms with van der Waals surface area (Å²) in [6, 6.07) is 69.6. The van der Waals surface area contributed by atoms with Crippen LogP contribution in [0.15, 0.2) is 205 Å². The van der Waals surface area contributed by atoms with Crippen LogP contribution < -0.4 is 4.90 Å². The molecule has 0 aliphatic heterocycles. The molecule has 10 aromatic rings. The molecule has 54 heavy (non-hydrogen) atoms. The average Bonchev–Trinajstić information content (AvgIpc) is 3.63. The van der Waals surface area contributed by atoms with Crippen LogP contribution >= 0.6 is 0 Å². The third-order valence-corrected chi connectivity index (χ3v) is 10.1. The Bertz CT molecular complexity index is 2920. The van der Waals surface area contributed by atoms with Crippen LogP contribution in [0.4, 0.5) is 17.1 Å². The number of hydrogen-bond acceptors (Lipinski definition) is 4. The highest BCUT2D eigenvalue weighted by atomic mass is 16.3. The van der Waals surface area contributed by atoms with E-state index in [4.69, 9.17) is 14.4 Å². The third kappa shape index (κ3) is 5.67. The van der Waals surface area contributed by atoms with Crippen molar-refractivity contribution >= 4 is 50.0 Å². The van der Waals surface area contributed by atoms with E-state index in [-0.39, 0.29) is 0 Å². The highest BCUT2D eigenvalue weighted by molar-refractivity contribution is 6.14. The Morgan fingerprint density at radius 1 is 0.352 bits per heavy atom. The number of aromatic nitrogens is 2. The molecule has 0 atom stereocenters. The summed E-state index contributed by atoms with van der Waals surface area (Å²) in [6.07, 6.45) is 0. The summed E-state index contributed by atoms with van der Waals surface area (Å²) in [6.45, 7) is 0. The minimum Gasteiger partial charge on any atom is -0.456 e. The van der Waals surface area contributed by atoms with Crippen molar-refractivity contribution in [1.29, 1.82) is 0 Å². The van der Waals surface area contributed by atoms with E-state index in [0.717, 1.165) is 78.1 Å². The van der Waals surface area contributed by atoms with Crippen LogP contribution in [-0.2, 0) is 0 Å². The standard InChI is InChI=1S/C50H33N3O/c1-4-14-34(15-5-1)36-26-28-39(29-27-36)53(40-21-12-20-38(32-40)35-16-6-2-7-17-35)41-30-31-42-47(33-41)54-46-25-13-22-43(48(42)46)50-49(37-18-8-3-9-19-37)51-44-23-10-11-24-45(44)52-50/h1-33H. The highest BCUT2D eigenvalue weighted by Gasteiger charge is 2.21. The second kappa shape index (κ2) is 13.4. The molecule has 4 nitrogen and oxygen atoms in total. The van der Waals surface area contributed by atoms with Crippen molar-refractivity contribution in [1.82, 2.24) is 9.97 Å². The number of fused-ring (bicyclic) bond motifs is 4. The van der Waals surface area contributed by atoms with E-state index in [2.05, 4.69) is 144 Å². The Morgan fingerprint density at radius 2 is 0.889 bits per heavy atom. The molecule has 2 aromatic heterocycles. The zero-order valence-corrected chi connectivity index (χ0v) is 29.3. The number of hydrogen-bond donors (Lipinski definition) is 0. The summed E-state index contributed by atoms with van der Waals surface area (Å²) >= 11 is 0. The number of anilines is 3. The van der Waals surface area contributed by atoms with Gasteiger partial charge in [0.25, 0.3) is 0 Å². The fraction of sp³-hybridized carbons (Fsp3) is 0. The summed E-state index contributed by atoms with van der Waals surface area (Å²) in [5.74, 6) is 0. The molecule has 0 saturated carbocycles. The molecule has 0 aliphatic carbocycles. The van der Waals surface area contributed by atoms with E-state index < -0.39 is 0 Å². The monoisotopic (exact) mass is 691 g/mol. The predicted molar refractivity (Wildman–Crippen MR) is 223 cm³/mol. The summed E-state index contributed by atoms with van der Waals surface area (Å²) in [7, 11) is 0. The lowest BCUT2D eigenvalue weighted by atomic mass is 9.98. The molecule has 0 saturated heterocycles. The van der Waals surface area contributed by atoms with Gasteiger partial charge < -0.3 is 9.32 Å². The van der Waals surface area contributed by atoms with Crippen LogP contribution in [0.1, 0.15) is 0 Å². The molecule has 0 fully saturated rings. The maximum atomic E-state index is 6.71. The Hall–Kier alpha value is -7.30. The predicted octanol–water partition coefficient (Wildman–Crippen LogP) is 13.7. The number of furan rings is 1. The minimum atomic E-state index is 0.801. The Morgan fingerprint density at radius 3 is 1.59 bits per heavy atom. The van der Waals surface area contributed by atoms with E-state index in [9.17, 15) is 0 Å². The Labute approximate surface area is 313 Å². The highest BCUT2D eigenvalue weighted by Crippen LogP contribution is 2.43. The zero-order valence-electron chi connectivity index (χ0n) is 29.3. The van der Waals surface area contributed by atoms with Crippen molar-refractivity contribution in [2.24, 2.45) is 0 Å². The molecule has 0 spiro atoms. The number of nitrogens with zero attached hydrogens (tertiary/aromatic N) is 3. The van der Waals surface area contributed by atoms with Gasteiger partial charge in [0.05, 0.1) is 22.4 Å². The Kier molecular flexibility index (Phi) is 7.77. The van der Waals surface area contributed by atoms with Crippen molar-refractivity contribution in [3.05, 3.63) is 200 Å². The molecule has 0 bridgehead atoms. The fourth-order valence-electron chi connectivity index (χ4n) is 7.47. The number of rotatable bonds is 7. The van der Waals surface area contributed by atoms with Crippen LogP contribution in [0.5, 0.6) is 0 Å². The lowest BCUT2D eigenvalue weighted by Crippen LogP contribution is -2.10. The quantitative estimate of drug-likeness (QED) is 0.167. The van der Waals surface area contributed by atoms with Gasteiger partial charge in [0, 0.05) is 45.0 Å². The van der Waals surface area contributed by atoms with Crippen molar-refractivity contribution in [3.8, 4) is 44.8 Å². The van der Waals surface area contributed by atoms with Crippen LogP contribution in [0.25, 0.3) is 77.7 Å². The van der Waals surface area contributed by atoms with Crippen LogP contribution in [0.3, 0.4) is 0 Å². The van der Waals surface area contributed by atoms with Gasteiger partial charge in [-0.2, -0.15) is 0 Å². The van der Waals surface area contributed by atoms with Gasteiger partial charge in [0.1, 0.15) is 11.2 Å².